The summed E-state index contributed by atoms with van der Waals surface area (Å²) in [5, 5.41) is 3.86. The highest BCUT2D eigenvalue weighted by molar-refractivity contribution is 4.89. The molecule has 0 aromatic rings. The molecule has 19 heavy (non-hydrogen) atoms. The molecule has 0 bridgehead atoms. The lowest BCUT2D eigenvalue weighted by atomic mass is 9.85. The fourth-order valence-electron chi connectivity index (χ4n) is 3.52. The predicted octanol–water partition coefficient (Wildman–Crippen LogP) is 2.18. The van der Waals surface area contributed by atoms with Crippen LogP contribution in [-0.4, -0.2) is 61.2 Å². The molecule has 1 saturated heterocycles. The lowest BCUT2D eigenvalue weighted by molar-refractivity contribution is 0.0575. The van der Waals surface area contributed by atoms with Crippen molar-refractivity contribution in [2.75, 3.05) is 39.8 Å². The fourth-order valence-corrected chi connectivity index (χ4v) is 3.52. The molecule has 3 nitrogen and oxygen atoms in total. The molecule has 0 radical (unpaired) electrons. The van der Waals surface area contributed by atoms with Gasteiger partial charge in [0.25, 0.3) is 0 Å². The number of nitrogens with one attached hydrogen (secondary N) is 1. The zero-order chi connectivity index (χ0) is 13.9. The Hall–Kier alpha value is -0.120. The van der Waals surface area contributed by atoms with E-state index in [-0.39, 0.29) is 0 Å². The second-order valence-corrected chi connectivity index (χ2v) is 7.35. The van der Waals surface area contributed by atoms with E-state index >= 15 is 0 Å². The van der Waals surface area contributed by atoms with Crippen LogP contribution in [-0.2, 0) is 0 Å². The number of likely N-dealkylation sites (N-methyl/N-ethyl adjacent to an activating group) is 1. The van der Waals surface area contributed by atoms with Crippen LogP contribution in [0, 0.1) is 5.92 Å². The van der Waals surface area contributed by atoms with E-state index in [4.69, 9.17) is 0 Å². The van der Waals surface area contributed by atoms with E-state index < -0.39 is 0 Å². The van der Waals surface area contributed by atoms with Gasteiger partial charge < -0.3 is 10.2 Å². The summed E-state index contributed by atoms with van der Waals surface area (Å²) in [6.07, 6.45) is 5.63. The van der Waals surface area contributed by atoms with E-state index in [1.165, 1.54) is 51.9 Å². The van der Waals surface area contributed by atoms with E-state index in [1.54, 1.807) is 0 Å². The van der Waals surface area contributed by atoms with Crippen LogP contribution in [0.2, 0.25) is 0 Å². The van der Waals surface area contributed by atoms with Crippen LogP contribution in [0.15, 0.2) is 0 Å². The normalized spacial score (nSPS) is 31.6. The second kappa shape index (κ2) is 6.55. The molecule has 0 amide bonds. The molecular formula is C16H33N3. The highest BCUT2D eigenvalue weighted by Gasteiger charge is 2.30. The van der Waals surface area contributed by atoms with Crippen molar-refractivity contribution in [3.63, 3.8) is 0 Å². The molecular weight excluding hydrogens is 234 g/mol. The molecule has 112 valence electrons. The summed E-state index contributed by atoms with van der Waals surface area (Å²) in [7, 11) is 2.23. The molecule has 2 aliphatic rings. The maximum Gasteiger partial charge on any atom is 0.0278 e. The second-order valence-electron chi connectivity index (χ2n) is 7.35. The molecule has 2 atom stereocenters. The molecule has 3 heteroatoms. The van der Waals surface area contributed by atoms with E-state index in [0.717, 1.165) is 18.5 Å². The molecule has 1 aliphatic carbocycles. The highest BCUT2D eigenvalue weighted by atomic mass is 15.3. The van der Waals surface area contributed by atoms with E-state index in [1.807, 2.05) is 0 Å². The minimum Gasteiger partial charge on any atom is -0.312 e. The van der Waals surface area contributed by atoms with Gasteiger partial charge in [0.1, 0.15) is 0 Å². The molecule has 0 aromatic heterocycles. The first-order valence-corrected chi connectivity index (χ1v) is 8.16. The first kappa shape index (κ1) is 15.3. The van der Waals surface area contributed by atoms with Crippen LogP contribution in [0.25, 0.3) is 0 Å². The Morgan fingerprint density at radius 3 is 2.32 bits per heavy atom. The van der Waals surface area contributed by atoms with Crippen molar-refractivity contribution < 1.29 is 0 Å². The van der Waals surface area contributed by atoms with Gasteiger partial charge >= 0.3 is 0 Å². The molecule has 2 rings (SSSR count). The van der Waals surface area contributed by atoms with Crippen molar-refractivity contribution in [2.45, 2.75) is 58.0 Å². The maximum atomic E-state index is 3.86. The van der Waals surface area contributed by atoms with Crippen molar-refractivity contribution >= 4 is 0 Å². The Morgan fingerprint density at radius 2 is 1.68 bits per heavy atom. The van der Waals surface area contributed by atoms with Gasteiger partial charge in [-0.05, 0) is 39.7 Å². The van der Waals surface area contributed by atoms with Gasteiger partial charge in [-0.2, -0.15) is 0 Å². The van der Waals surface area contributed by atoms with Crippen molar-refractivity contribution in [3.8, 4) is 0 Å². The topological polar surface area (TPSA) is 18.5 Å². The highest BCUT2D eigenvalue weighted by Crippen LogP contribution is 2.24. The van der Waals surface area contributed by atoms with Crippen molar-refractivity contribution in [2.24, 2.45) is 5.92 Å². The average Bonchev–Trinajstić information content (AvgIpc) is 2.38. The lowest BCUT2D eigenvalue weighted by Gasteiger charge is -2.44. The summed E-state index contributed by atoms with van der Waals surface area (Å²) in [5.74, 6) is 0.858. The van der Waals surface area contributed by atoms with Crippen molar-refractivity contribution in [1.29, 1.82) is 0 Å². The van der Waals surface area contributed by atoms with E-state index in [2.05, 4.69) is 42.9 Å². The van der Waals surface area contributed by atoms with Crippen LogP contribution >= 0.6 is 0 Å². The molecule has 1 heterocycles. The third-order valence-electron chi connectivity index (χ3n) is 5.27. The summed E-state index contributed by atoms with van der Waals surface area (Å²) in [6, 6.07) is 0.750. The Labute approximate surface area is 119 Å². The Kier molecular flexibility index (Phi) is 5.27. The lowest BCUT2D eigenvalue weighted by Crippen LogP contribution is -2.58. The van der Waals surface area contributed by atoms with Crippen molar-refractivity contribution in [3.05, 3.63) is 0 Å². The van der Waals surface area contributed by atoms with Gasteiger partial charge in [0, 0.05) is 44.3 Å². The molecule has 2 fully saturated rings. The SMILES string of the molecule is CC1CCCCC1NCC(C)(C)N1CCN(C)CC1. The minimum absolute atomic E-state index is 0.290. The Balaban J connectivity index is 1.79. The first-order valence-electron chi connectivity index (χ1n) is 8.16. The molecule has 0 spiro atoms. The Morgan fingerprint density at radius 1 is 1.05 bits per heavy atom. The van der Waals surface area contributed by atoms with Crippen molar-refractivity contribution in [1.82, 2.24) is 15.1 Å². The third-order valence-corrected chi connectivity index (χ3v) is 5.27. The third kappa shape index (κ3) is 4.17. The molecule has 1 saturated carbocycles. The molecule has 2 unspecified atom stereocenters. The zero-order valence-corrected chi connectivity index (χ0v) is 13.4. The quantitative estimate of drug-likeness (QED) is 0.842. The van der Waals surface area contributed by atoms with E-state index in [9.17, 15) is 0 Å². The van der Waals surface area contributed by atoms with Crippen LogP contribution in [0.3, 0.4) is 0 Å². The zero-order valence-electron chi connectivity index (χ0n) is 13.4. The first-order chi connectivity index (χ1) is 8.99. The monoisotopic (exact) mass is 267 g/mol. The summed E-state index contributed by atoms with van der Waals surface area (Å²) in [5.41, 5.74) is 0.290. The van der Waals surface area contributed by atoms with Gasteiger partial charge in [-0.25, -0.2) is 0 Å². The Bertz CT molecular complexity index is 269. The van der Waals surface area contributed by atoms with E-state index in [0.29, 0.717) is 5.54 Å². The van der Waals surface area contributed by atoms with Gasteiger partial charge in [0.15, 0.2) is 0 Å². The number of hydrogen-bond donors (Lipinski definition) is 1. The predicted molar refractivity (Wildman–Crippen MR) is 82.6 cm³/mol. The maximum absolute atomic E-state index is 3.86. The summed E-state index contributed by atoms with van der Waals surface area (Å²) < 4.78 is 0. The average molecular weight is 267 g/mol. The number of piperazine rings is 1. The summed E-state index contributed by atoms with van der Waals surface area (Å²) in [4.78, 5) is 5.09. The summed E-state index contributed by atoms with van der Waals surface area (Å²) >= 11 is 0. The molecule has 0 aromatic carbocycles. The van der Waals surface area contributed by atoms with Crippen LogP contribution in [0.5, 0.6) is 0 Å². The van der Waals surface area contributed by atoms with Gasteiger partial charge in [0.05, 0.1) is 0 Å². The fraction of sp³-hybridized carbons (Fsp3) is 1.00. The largest absolute Gasteiger partial charge is 0.312 e. The van der Waals surface area contributed by atoms with Crippen LogP contribution in [0.4, 0.5) is 0 Å². The minimum atomic E-state index is 0.290. The van der Waals surface area contributed by atoms with Gasteiger partial charge in [-0.1, -0.05) is 19.8 Å². The van der Waals surface area contributed by atoms with Gasteiger partial charge in [-0.3, -0.25) is 4.90 Å². The van der Waals surface area contributed by atoms with Crippen LogP contribution in [0.1, 0.15) is 46.5 Å². The molecule has 1 N–H and O–H groups in total. The van der Waals surface area contributed by atoms with Crippen LogP contribution < -0.4 is 5.32 Å². The van der Waals surface area contributed by atoms with Gasteiger partial charge in [0.2, 0.25) is 0 Å². The molecule has 1 aliphatic heterocycles. The standard InChI is InChI=1S/C16H33N3/c1-14-7-5-6-8-15(14)17-13-16(2,3)19-11-9-18(4)10-12-19/h14-15,17H,5-13H2,1-4H3. The number of rotatable bonds is 4. The number of hydrogen-bond acceptors (Lipinski definition) is 3. The number of nitrogens with zero attached hydrogens (tertiary/aromatic N) is 2. The smallest absolute Gasteiger partial charge is 0.0278 e. The summed E-state index contributed by atoms with van der Waals surface area (Å²) in [6.45, 7) is 13.2. The van der Waals surface area contributed by atoms with Gasteiger partial charge in [-0.15, -0.1) is 0 Å².